The largest absolute Gasteiger partial charge is 0.415 e. The molecule has 2 atom stereocenters. The SMILES string of the molecule is CC(N)(C(=O)N[C@@H](CO)Cc1ccccc1)C(F)(F)F. The topological polar surface area (TPSA) is 75.4 Å². The standard InChI is InChI=1S/C13H17F3N2O2/c1-12(17,13(14,15)16)11(20)18-10(8-19)7-9-5-3-2-4-6-9/h2-6,10,19H,7-8,17H2,1H3,(H,18,20)/t10-,12?/m1/s1. The second-order valence-electron chi connectivity index (χ2n) is 4.74. The van der Waals surface area contributed by atoms with Crippen LogP contribution in [0.25, 0.3) is 0 Å². The molecule has 0 fully saturated rings. The molecule has 0 heterocycles. The van der Waals surface area contributed by atoms with E-state index in [-0.39, 0.29) is 6.42 Å². The number of rotatable bonds is 5. The van der Waals surface area contributed by atoms with Crippen LogP contribution < -0.4 is 11.1 Å². The molecular formula is C13H17F3N2O2. The first-order valence-corrected chi connectivity index (χ1v) is 6.00. The molecule has 7 heteroatoms. The van der Waals surface area contributed by atoms with Crippen molar-refractivity contribution in [2.75, 3.05) is 6.61 Å². The first-order chi connectivity index (χ1) is 9.18. The number of hydrogen-bond acceptors (Lipinski definition) is 3. The number of carbonyl (C=O) groups is 1. The van der Waals surface area contributed by atoms with Gasteiger partial charge < -0.3 is 16.2 Å². The molecule has 1 rings (SSSR count). The van der Waals surface area contributed by atoms with E-state index >= 15 is 0 Å². The molecule has 0 bridgehead atoms. The van der Waals surface area contributed by atoms with Crippen LogP contribution in [0.1, 0.15) is 12.5 Å². The maximum Gasteiger partial charge on any atom is 0.415 e. The highest BCUT2D eigenvalue weighted by Crippen LogP contribution is 2.28. The zero-order valence-corrected chi connectivity index (χ0v) is 10.9. The van der Waals surface area contributed by atoms with E-state index in [0.717, 1.165) is 5.56 Å². The molecule has 0 aliphatic rings. The lowest BCUT2D eigenvalue weighted by Gasteiger charge is -2.28. The Labute approximate surface area is 114 Å². The molecule has 0 aliphatic carbocycles. The Morgan fingerprint density at radius 2 is 1.90 bits per heavy atom. The zero-order chi connectivity index (χ0) is 15.4. The molecule has 4 N–H and O–H groups in total. The lowest BCUT2D eigenvalue weighted by atomic mass is 10.0. The maximum absolute atomic E-state index is 12.6. The van der Waals surface area contributed by atoms with E-state index in [1.54, 1.807) is 30.3 Å². The van der Waals surface area contributed by atoms with Gasteiger partial charge in [0.2, 0.25) is 5.91 Å². The van der Waals surface area contributed by atoms with Gasteiger partial charge in [-0.25, -0.2) is 0 Å². The van der Waals surface area contributed by atoms with E-state index in [4.69, 9.17) is 10.8 Å². The van der Waals surface area contributed by atoms with Crippen molar-refractivity contribution in [3.8, 4) is 0 Å². The fraction of sp³-hybridized carbons (Fsp3) is 0.462. The molecule has 0 saturated heterocycles. The van der Waals surface area contributed by atoms with Crippen LogP contribution in [0, 0.1) is 0 Å². The van der Waals surface area contributed by atoms with Crippen molar-refractivity contribution >= 4 is 5.91 Å². The molecular weight excluding hydrogens is 273 g/mol. The Kier molecular flexibility index (Phi) is 5.13. The number of nitrogens with two attached hydrogens (primary N) is 1. The molecule has 0 spiro atoms. The number of carbonyl (C=O) groups excluding carboxylic acids is 1. The fourth-order valence-electron chi connectivity index (χ4n) is 1.52. The van der Waals surface area contributed by atoms with E-state index in [1.165, 1.54) is 0 Å². The highest BCUT2D eigenvalue weighted by Gasteiger charge is 2.54. The van der Waals surface area contributed by atoms with Crippen molar-refractivity contribution < 1.29 is 23.1 Å². The number of amides is 1. The minimum atomic E-state index is -4.86. The molecule has 0 aromatic heterocycles. The summed E-state index contributed by atoms with van der Waals surface area (Å²) in [5, 5.41) is 11.3. The van der Waals surface area contributed by atoms with Crippen molar-refractivity contribution in [1.82, 2.24) is 5.32 Å². The summed E-state index contributed by atoms with van der Waals surface area (Å²) in [5.41, 5.74) is 2.82. The predicted molar refractivity (Wildman–Crippen MR) is 67.8 cm³/mol. The van der Waals surface area contributed by atoms with Gasteiger partial charge in [0.1, 0.15) is 0 Å². The van der Waals surface area contributed by atoms with Gasteiger partial charge in [0.25, 0.3) is 0 Å². The monoisotopic (exact) mass is 290 g/mol. The van der Waals surface area contributed by atoms with Crippen LogP contribution >= 0.6 is 0 Å². The number of hydrogen-bond donors (Lipinski definition) is 3. The van der Waals surface area contributed by atoms with Crippen LogP contribution in [0.15, 0.2) is 30.3 Å². The van der Waals surface area contributed by atoms with Gasteiger partial charge in [0.05, 0.1) is 12.6 Å². The van der Waals surface area contributed by atoms with Crippen LogP contribution in [-0.2, 0) is 11.2 Å². The van der Waals surface area contributed by atoms with Crippen molar-refractivity contribution in [2.45, 2.75) is 31.1 Å². The fourth-order valence-corrected chi connectivity index (χ4v) is 1.52. The number of nitrogens with one attached hydrogen (secondary N) is 1. The summed E-state index contributed by atoms with van der Waals surface area (Å²) in [6, 6.07) is 7.98. The van der Waals surface area contributed by atoms with E-state index < -0.39 is 30.3 Å². The van der Waals surface area contributed by atoms with E-state index in [2.05, 4.69) is 5.32 Å². The van der Waals surface area contributed by atoms with Crippen LogP contribution in [0.2, 0.25) is 0 Å². The summed E-state index contributed by atoms with van der Waals surface area (Å²) in [6.45, 7) is 0.119. The highest BCUT2D eigenvalue weighted by atomic mass is 19.4. The third-order valence-electron chi connectivity index (χ3n) is 2.94. The molecule has 1 aromatic carbocycles. The normalized spacial score (nSPS) is 16.3. The molecule has 0 aliphatic heterocycles. The summed E-state index contributed by atoms with van der Waals surface area (Å²) in [4.78, 5) is 11.6. The first kappa shape index (κ1) is 16.5. The number of aliphatic hydroxyl groups is 1. The van der Waals surface area contributed by atoms with Crippen LogP contribution in [-0.4, -0.2) is 35.4 Å². The van der Waals surface area contributed by atoms with Gasteiger partial charge in [-0.05, 0) is 18.9 Å². The second kappa shape index (κ2) is 6.23. The number of halogens is 3. The van der Waals surface area contributed by atoms with Crippen molar-refractivity contribution in [2.24, 2.45) is 5.73 Å². The summed E-state index contributed by atoms with van der Waals surface area (Å²) in [5.74, 6) is -1.36. The summed E-state index contributed by atoms with van der Waals surface area (Å²) in [7, 11) is 0. The average molecular weight is 290 g/mol. The van der Waals surface area contributed by atoms with Crippen LogP contribution in [0.4, 0.5) is 13.2 Å². The molecule has 0 radical (unpaired) electrons. The summed E-state index contributed by atoms with van der Waals surface area (Å²) < 4.78 is 37.9. The average Bonchev–Trinajstić information content (AvgIpc) is 2.37. The van der Waals surface area contributed by atoms with E-state index in [0.29, 0.717) is 6.92 Å². The molecule has 1 unspecified atom stereocenters. The highest BCUT2D eigenvalue weighted by molar-refractivity contribution is 5.86. The molecule has 0 saturated carbocycles. The lowest BCUT2D eigenvalue weighted by Crippen LogP contribution is -2.63. The number of alkyl halides is 3. The molecule has 1 aromatic rings. The first-order valence-electron chi connectivity index (χ1n) is 6.00. The minimum absolute atomic E-state index is 0.219. The van der Waals surface area contributed by atoms with Crippen LogP contribution in [0.5, 0.6) is 0 Å². The molecule has 1 amide bonds. The number of aliphatic hydroxyl groups excluding tert-OH is 1. The predicted octanol–water partition coefficient (Wildman–Crippen LogP) is 0.986. The van der Waals surface area contributed by atoms with Gasteiger partial charge in [-0.2, -0.15) is 13.2 Å². The van der Waals surface area contributed by atoms with Crippen molar-refractivity contribution in [1.29, 1.82) is 0 Å². The van der Waals surface area contributed by atoms with Gasteiger partial charge >= 0.3 is 6.18 Å². The quantitative estimate of drug-likeness (QED) is 0.757. The third kappa shape index (κ3) is 3.94. The summed E-state index contributed by atoms with van der Waals surface area (Å²) in [6.07, 6.45) is -4.64. The minimum Gasteiger partial charge on any atom is -0.394 e. The van der Waals surface area contributed by atoms with Gasteiger partial charge in [0, 0.05) is 0 Å². The Morgan fingerprint density at radius 3 is 2.35 bits per heavy atom. The van der Waals surface area contributed by atoms with Gasteiger partial charge in [-0.3, -0.25) is 4.79 Å². The maximum atomic E-state index is 12.6. The third-order valence-corrected chi connectivity index (χ3v) is 2.94. The Hall–Kier alpha value is -1.60. The molecule has 4 nitrogen and oxygen atoms in total. The summed E-state index contributed by atoms with van der Waals surface area (Å²) >= 11 is 0. The van der Waals surface area contributed by atoms with Crippen LogP contribution in [0.3, 0.4) is 0 Å². The lowest BCUT2D eigenvalue weighted by molar-refractivity contribution is -0.187. The van der Waals surface area contributed by atoms with Crippen molar-refractivity contribution in [3.05, 3.63) is 35.9 Å². The Bertz CT molecular complexity index is 447. The zero-order valence-electron chi connectivity index (χ0n) is 10.9. The van der Waals surface area contributed by atoms with Gasteiger partial charge in [0.15, 0.2) is 5.54 Å². The second-order valence-corrected chi connectivity index (χ2v) is 4.74. The molecule has 20 heavy (non-hydrogen) atoms. The van der Waals surface area contributed by atoms with E-state index in [1.807, 2.05) is 0 Å². The van der Waals surface area contributed by atoms with Gasteiger partial charge in [-0.1, -0.05) is 30.3 Å². The smallest absolute Gasteiger partial charge is 0.394 e. The Balaban J connectivity index is 2.72. The number of benzene rings is 1. The molecule has 112 valence electrons. The van der Waals surface area contributed by atoms with Crippen molar-refractivity contribution in [3.63, 3.8) is 0 Å². The Morgan fingerprint density at radius 1 is 1.35 bits per heavy atom. The van der Waals surface area contributed by atoms with E-state index in [9.17, 15) is 18.0 Å². The van der Waals surface area contributed by atoms with Gasteiger partial charge in [-0.15, -0.1) is 0 Å².